The number of aromatic nitrogens is 3. The van der Waals surface area contributed by atoms with E-state index < -0.39 is 0 Å². The van der Waals surface area contributed by atoms with Crippen LogP contribution in [0.25, 0.3) is 16.6 Å². The molecule has 0 bridgehead atoms. The van der Waals surface area contributed by atoms with Crippen LogP contribution in [0.1, 0.15) is 28.9 Å². The van der Waals surface area contributed by atoms with E-state index in [1.165, 1.54) is 0 Å². The molecule has 2 aromatic heterocycles. The van der Waals surface area contributed by atoms with Crippen LogP contribution in [0.15, 0.2) is 54.6 Å². The quantitative estimate of drug-likeness (QED) is 0.591. The Hall–Kier alpha value is -3.21. The van der Waals surface area contributed by atoms with Crippen molar-refractivity contribution in [2.45, 2.75) is 33.2 Å². The molecule has 0 saturated heterocycles. The second kappa shape index (κ2) is 7.19. The molecule has 0 aliphatic carbocycles. The Morgan fingerprint density at radius 2 is 1.78 bits per heavy atom. The van der Waals surface area contributed by atoms with Crippen LogP contribution in [0, 0.1) is 13.8 Å². The van der Waals surface area contributed by atoms with E-state index in [2.05, 4.69) is 10.4 Å². The molecule has 0 spiro atoms. The molecule has 136 valence electrons. The van der Waals surface area contributed by atoms with Crippen LogP contribution in [0.4, 0.5) is 0 Å². The number of nitrogens with one attached hydrogen (secondary N) is 1. The topological polar surface area (TPSA) is 59.3 Å². The lowest BCUT2D eigenvalue weighted by atomic mass is 10.1. The zero-order valence-corrected chi connectivity index (χ0v) is 15.6. The molecule has 27 heavy (non-hydrogen) atoms. The molecular weight excluding hydrogens is 336 g/mol. The van der Waals surface area contributed by atoms with Crippen LogP contribution in [0.3, 0.4) is 0 Å². The van der Waals surface area contributed by atoms with E-state index in [4.69, 9.17) is 4.98 Å². The van der Waals surface area contributed by atoms with Crippen LogP contribution in [0.2, 0.25) is 0 Å². The number of fused-ring (bicyclic) bond motifs is 3. The minimum Gasteiger partial charge on any atom is -0.352 e. The molecule has 5 nitrogen and oxygen atoms in total. The normalized spacial score (nSPS) is 11.2. The van der Waals surface area contributed by atoms with Gasteiger partial charge in [0.05, 0.1) is 5.52 Å². The molecule has 4 rings (SSSR count). The van der Waals surface area contributed by atoms with E-state index >= 15 is 0 Å². The summed E-state index contributed by atoms with van der Waals surface area (Å²) in [6.45, 7) is 4.61. The van der Waals surface area contributed by atoms with Gasteiger partial charge in [-0.1, -0.05) is 42.5 Å². The zero-order chi connectivity index (χ0) is 18.8. The Morgan fingerprint density at radius 3 is 2.59 bits per heavy atom. The largest absolute Gasteiger partial charge is 0.352 e. The van der Waals surface area contributed by atoms with Crippen molar-refractivity contribution in [3.63, 3.8) is 0 Å². The van der Waals surface area contributed by atoms with Gasteiger partial charge in [-0.05, 0) is 43.5 Å². The highest BCUT2D eigenvalue weighted by Gasteiger charge is 2.14. The van der Waals surface area contributed by atoms with Crippen molar-refractivity contribution in [2.75, 3.05) is 0 Å². The van der Waals surface area contributed by atoms with E-state index in [1.807, 2.05) is 73.0 Å². The van der Waals surface area contributed by atoms with Crippen molar-refractivity contribution < 1.29 is 4.79 Å². The number of hydrogen-bond donors (Lipinski definition) is 1. The van der Waals surface area contributed by atoms with Gasteiger partial charge in [-0.3, -0.25) is 4.79 Å². The van der Waals surface area contributed by atoms with Gasteiger partial charge in [-0.25, -0.2) is 9.50 Å². The van der Waals surface area contributed by atoms with Gasteiger partial charge in [0.15, 0.2) is 5.65 Å². The van der Waals surface area contributed by atoms with Crippen LogP contribution < -0.4 is 5.32 Å². The first-order valence-electron chi connectivity index (χ1n) is 9.17. The van der Waals surface area contributed by atoms with Crippen molar-refractivity contribution in [1.82, 2.24) is 19.9 Å². The van der Waals surface area contributed by atoms with E-state index in [-0.39, 0.29) is 5.91 Å². The number of carbonyl (C=O) groups excluding carboxylic acids is 1. The first kappa shape index (κ1) is 17.2. The van der Waals surface area contributed by atoms with Gasteiger partial charge >= 0.3 is 0 Å². The van der Waals surface area contributed by atoms with Crippen molar-refractivity contribution in [2.24, 2.45) is 0 Å². The number of rotatable bonds is 5. The number of carbonyl (C=O) groups is 1. The van der Waals surface area contributed by atoms with E-state index in [1.54, 1.807) is 0 Å². The highest BCUT2D eigenvalue weighted by Crippen LogP contribution is 2.22. The molecule has 5 heteroatoms. The highest BCUT2D eigenvalue weighted by molar-refractivity contribution is 5.92. The second-order valence-electron chi connectivity index (χ2n) is 6.78. The predicted molar refractivity (Wildman–Crippen MR) is 107 cm³/mol. The summed E-state index contributed by atoms with van der Waals surface area (Å²) in [6.07, 6.45) is 1.08. The third-order valence-corrected chi connectivity index (χ3v) is 4.95. The number of amides is 1. The molecule has 0 fully saturated rings. The number of aryl methyl sites for hydroxylation is 2. The Kier molecular flexibility index (Phi) is 4.59. The van der Waals surface area contributed by atoms with Gasteiger partial charge < -0.3 is 5.32 Å². The Bertz CT molecular complexity index is 1120. The van der Waals surface area contributed by atoms with Crippen LogP contribution in [-0.2, 0) is 17.8 Å². The maximum absolute atomic E-state index is 12.3. The summed E-state index contributed by atoms with van der Waals surface area (Å²) in [4.78, 5) is 17.0. The molecule has 0 atom stereocenters. The van der Waals surface area contributed by atoms with Gasteiger partial charge in [-0.15, -0.1) is 0 Å². The maximum atomic E-state index is 12.3. The molecule has 0 unspecified atom stereocenters. The fourth-order valence-electron chi connectivity index (χ4n) is 3.46. The molecule has 0 aliphatic heterocycles. The summed E-state index contributed by atoms with van der Waals surface area (Å²) in [5.41, 5.74) is 6.00. The monoisotopic (exact) mass is 358 g/mol. The van der Waals surface area contributed by atoms with Crippen molar-refractivity contribution in [3.05, 3.63) is 77.1 Å². The van der Waals surface area contributed by atoms with E-state index in [0.29, 0.717) is 19.4 Å². The lowest BCUT2D eigenvalue weighted by molar-refractivity contribution is -0.121. The van der Waals surface area contributed by atoms with Crippen LogP contribution in [-0.4, -0.2) is 20.5 Å². The average Bonchev–Trinajstić information content (AvgIpc) is 3.06. The first-order chi connectivity index (χ1) is 13.1. The Morgan fingerprint density at radius 1 is 1.04 bits per heavy atom. The second-order valence-corrected chi connectivity index (χ2v) is 6.78. The van der Waals surface area contributed by atoms with Gasteiger partial charge in [0.2, 0.25) is 5.91 Å². The van der Waals surface area contributed by atoms with Gasteiger partial charge in [0, 0.05) is 29.7 Å². The standard InChI is InChI=1S/C22H22N4O/c1-15-18(12-13-21(27)23-14-17-8-4-3-5-9-17)16(2)26-22(24-15)19-10-6-7-11-20(19)25-26/h3-11H,12-14H2,1-2H3,(H,23,27). The molecule has 1 amide bonds. The third-order valence-electron chi connectivity index (χ3n) is 4.95. The lowest BCUT2D eigenvalue weighted by Gasteiger charge is -2.11. The SMILES string of the molecule is Cc1nc2c3ccccc3nn2c(C)c1CCC(=O)NCc1ccccc1. The summed E-state index contributed by atoms with van der Waals surface area (Å²) in [5, 5.41) is 8.71. The number of nitrogens with zero attached hydrogens (tertiary/aromatic N) is 3. The summed E-state index contributed by atoms with van der Waals surface area (Å²) in [7, 11) is 0. The molecule has 0 saturated carbocycles. The Labute approximate surface area is 158 Å². The van der Waals surface area contributed by atoms with Crippen LogP contribution >= 0.6 is 0 Å². The minimum absolute atomic E-state index is 0.0448. The van der Waals surface area contributed by atoms with Crippen molar-refractivity contribution >= 4 is 22.5 Å². The molecule has 2 heterocycles. The first-order valence-corrected chi connectivity index (χ1v) is 9.17. The predicted octanol–water partition coefficient (Wildman–Crippen LogP) is 3.75. The third kappa shape index (κ3) is 3.40. The maximum Gasteiger partial charge on any atom is 0.220 e. The molecule has 1 N–H and O–H groups in total. The fraction of sp³-hybridized carbons (Fsp3) is 0.227. The fourth-order valence-corrected chi connectivity index (χ4v) is 3.46. The van der Waals surface area contributed by atoms with Crippen LogP contribution in [0.5, 0.6) is 0 Å². The zero-order valence-electron chi connectivity index (χ0n) is 15.6. The molecule has 4 aromatic rings. The minimum atomic E-state index is 0.0448. The molecule has 2 aromatic carbocycles. The van der Waals surface area contributed by atoms with Crippen molar-refractivity contribution in [1.29, 1.82) is 0 Å². The van der Waals surface area contributed by atoms with Gasteiger partial charge in [0.25, 0.3) is 0 Å². The summed E-state index contributed by atoms with van der Waals surface area (Å²) in [6, 6.07) is 18.0. The number of hydrogen-bond acceptors (Lipinski definition) is 3. The van der Waals surface area contributed by atoms with E-state index in [9.17, 15) is 4.79 Å². The summed E-state index contributed by atoms with van der Waals surface area (Å²) in [5.74, 6) is 0.0448. The molecule has 0 radical (unpaired) electrons. The lowest BCUT2D eigenvalue weighted by Crippen LogP contribution is -2.23. The highest BCUT2D eigenvalue weighted by atomic mass is 16.1. The molecule has 0 aliphatic rings. The number of benzene rings is 2. The smallest absolute Gasteiger partial charge is 0.220 e. The van der Waals surface area contributed by atoms with Gasteiger partial charge in [0.1, 0.15) is 0 Å². The average molecular weight is 358 g/mol. The summed E-state index contributed by atoms with van der Waals surface area (Å²) >= 11 is 0. The summed E-state index contributed by atoms with van der Waals surface area (Å²) < 4.78 is 1.90. The van der Waals surface area contributed by atoms with E-state index in [0.717, 1.165) is 39.1 Å². The molecular formula is C22H22N4O. The van der Waals surface area contributed by atoms with Crippen molar-refractivity contribution in [3.8, 4) is 0 Å². The van der Waals surface area contributed by atoms with Gasteiger partial charge in [-0.2, -0.15) is 5.10 Å². The Balaban J connectivity index is 1.51.